The lowest BCUT2D eigenvalue weighted by atomic mass is 9.94. The average Bonchev–Trinajstić information content (AvgIpc) is 3.07. The first-order valence-electron chi connectivity index (χ1n) is 8.94. The van der Waals surface area contributed by atoms with Gasteiger partial charge in [-0.2, -0.15) is 0 Å². The van der Waals surface area contributed by atoms with Gasteiger partial charge in [0.1, 0.15) is 11.5 Å². The Bertz CT molecular complexity index is 751. The zero-order valence-electron chi connectivity index (χ0n) is 17.0. The van der Waals surface area contributed by atoms with Gasteiger partial charge in [0.25, 0.3) is 0 Å². The fourth-order valence-electron chi connectivity index (χ4n) is 2.45. The number of benzene rings is 1. The van der Waals surface area contributed by atoms with Gasteiger partial charge in [-0.25, -0.2) is 9.98 Å². The summed E-state index contributed by atoms with van der Waals surface area (Å²) < 4.78 is 11.1. The lowest BCUT2D eigenvalue weighted by Gasteiger charge is -2.13. The first-order valence-corrected chi connectivity index (χ1v) is 8.94. The lowest BCUT2D eigenvalue weighted by Crippen LogP contribution is -2.36. The van der Waals surface area contributed by atoms with Crippen molar-refractivity contribution in [1.29, 1.82) is 0 Å². The van der Waals surface area contributed by atoms with E-state index in [1.807, 2.05) is 26.0 Å². The predicted molar refractivity (Wildman–Crippen MR) is 120 cm³/mol. The molecule has 0 aliphatic heterocycles. The number of halogens is 1. The molecule has 0 aliphatic carbocycles. The van der Waals surface area contributed by atoms with Crippen molar-refractivity contribution in [3.05, 3.63) is 47.2 Å². The maximum Gasteiger partial charge on any atom is 0.213 e. The highest BCUT2D eigenvalue weighted by Crippen LogP contribution is 2.22. The second kappa shape index (κ2) is 10.5. The largest absolute Gasteiger partial charge is 0.496 e. The number of rotatable bonds is 6. The van der Waals surface area contributed by atoms with Gasteiger partial charge in [-0.3, -0.25) is 0 Å². The summed E-state index contributed by atoms with van der Waals surface area (Å²) in [6.07, 6.45) is 1.79. The molecule has 7 heteroatoms. The minimum atomic E-state index is -0.0456. The van der Waals surface area contributed by atoms with E-state index in [9.17, 15) is 0 Å². The number of oxazole rings is 1. The predicted octanol–water partition coefficient (Wildman–Crippen LogP) is 4.16. The van der Waals surface area contributed by atoms with Gasteiger partial charge in [-0.05, 0) is 31.0 Å². The molecule has 2 aromatic rings. The van der Waals surface area contributed by atoms with Crippen LogP contribution in [0.1, 0.15) is 50.5 Å². The van der Waals surface area contributed by atoms with Gasteiger partial charge >= 0.3 is 0 Å². The second-order valence-electron chi connectivity index (χ2n) is 7.22. The van der Waals surface area contributed by atoms with Gasteiger partial charge in [-0.1, -0.05) is 32.9 Å². The summed E-state index contributed by atoms with van der Waals surface area (Å²) in [5, 5.41) is 6.51. The Labute approximate surface area is 179 Å². The van der Waals surface area contributed by atoms with Crippen molar-refractivity contribution in [2.24, 2.45) is 4.99 Å². The fourth-order valence-corrected chi connectivity index (χ4v) is 2.45. The summed E-state index contributed by atoms with van der Waals surface area (Å²) in [7, 11) is 1.68. The molecule has 0 saturated heterocycles. The van der Waals surface area contributed by atoms with Crippen LogP contribution in [0.15, 0.2) is 33.8 Å². The number of aromatic nitrogens is 1. The minimum Gasteiger partial charge on any atom is -0.496 e. The van der Waals surface area contributed by atoms with E-state index in [4.69, 9.17) is 9.15 Å². The SMILES string of the molecule is CCNC(=NCc1ccc(OC)c(C)c1)NCc1ncc(C(C)(C)C)o1.I. The molecule has 1 aromatic carbocycles. The molecule has 150 valence electrons. The zero-order valence-corrected chi connectivity index (χ0v) is 19.4. The summed E-state index contributed by atoms with van der Waals surface area (Å²) in [6.45, 7) is 12.2. The van der Waals surface area contributed by atoms with Crippen LogP contribution in [0.2, 0.25) is 0 Å². The number of aryl methyl sites for hydroxylation is 1. The number of hydrogen-bond acceptors (Lipinski definition) is 4. The Hall–Kier alpha value is -1.77. The summed E-state index contributed by atoms with van der Waals surface area (Å²) in [5.41, 5.74) is 2.19. The van der Waals surface area contributed by atoms with Gasteiger partial charge in [0.15, 0.2) is 5.96 Å². The van der Waals surface area contributed by atoms with E-state index >= 15 is 0 Å². The van der Waals surface area contributed by atoms with E-state index in [2.05, 4.69) is 47.4 Å². The van der Waals surface area contributed by atoms with Crippen LogP contribution in [-0.2, 0) is 18.5 Å². The molecule has 0 radical (unpaired) electrons. The topological polar surface area (TPSA) is 71.7 Å². The van der Waals surface area contributed by atoms with Crippen molar-refractivity contribution < 1.29 is 9.15 Å². The summed E-state index contributed by atoms with van der Waals surface area (Å²) in [4.78, 5) is 8.97. The third-order valence-corrected chi connectivity index (χ3v) is 3.92. The van der Waals surface area contributed by atoms with Gasteiger partial charge in [0, 0.05) is 12.0 Å². The van der Waals surface area contributed by atoms with E-state index in [0.717, 1.165) is 35.1 Å². The standard InChI is InChI=1S/C20H30N4O2.HI/c1-7-21-19(23-11-15-8-9-16(25-6)14(2)10-15)24-13-18-22-12-17(26-18)20(3,4)5;/h8-10,12H,7,11,13H2,1-6H3,(H2,21,23,24);1H. The molecule has 0 fully saturated rings. The highest BCUT2D eigenvalue weighted by Gasteiger charge is 2.19. The number of guanidine groups is 1. The highest BCUT2D eigenvalue weighted by molar-refractivity contribution is 14.0. The van der Waals surface area contributed by atoms with E-state index in [0.29, 0.717) is 19.0 Å². The van der Waals surface area contributed by atoms with Crippen molar-refractivity contribution in [2.75, 3.05) is 13.7 Å². The molecular weight excluding hydrogens is 455 g/mol. The first-order chi connectivity index (χ1) is 12.3. The first kappa shape index (κ1) is 23.3. The van der Waals surface area contributed by atoms with Crippen molar-refractivity contribution >= 4 is 29.9 Å². The Balaban J connectivity index is 0.00000364. The molecule has 0 unspecified atom stereocenters. The smallest absolute Gasteiger partial charge is 0.213 e. The number of aliphatic imine (C=N–C) groups is 1. The molecule has 0 amide bonds. The average molecular weight is 486 g/mol. The van der Waals surface area contributed by atoms with Crippen LogP contribution in [0, 0.1) is 6.92 Å². The lowest BCUT2D eigenvalue weighted by molar-refractivity contribution is 0.379. The maximum atomic E-state index is 5.81. The molecule has 0 bridgehead atoms. The molecule has 1 heterocycles. The third kappa shape index (κ3) is 7.04. The Morgan fingerprint density at radius 1 is 1.26 bits per heavy atom. The van der Waals surface area contributed by atoms with Gasteiger partial charge in [-0.15, -0.1) is 24.0 Å². The Morgan fingerprint density at radius 3 is 2.56 bits per heavy atom. The van der Waals surface area contributed by atoms with E-state index in [1.54, 1.807) is 13.3 Å². The van der Waals surface area contributed by atoms with Crippen LogP contribution in [-0.4, -0.2) is 24.6 Å². The number of methoxy groups -OCH3 is 1. The quantitative estimate of drug-likeness (QED) is 0.365. The second-order valence-corrected chi connectivity index (χ2v) is 7.22. The normalized spacial score (nSPS) is 11.7. The van der Waals surface area contributed by atoms with Gasteiger partial charge < -0.3 is 19.8 Å². The van der Waals surface area contributed by atoms with Crippen molar-refractivity contribution in [3.63, 3.8) is 0 Å². The van der Waals surface area contributed by atoms with Crippen LogP contribution >= 0.6 is 24.0 Å². The molecule has 2 rings (SSSR count). The molecule has 0 atom stereocenters. The highest BCUT2D eigenvalue weighted by atomic mass is 127. The van der Waals surface area contributed by atoms with Crippen LogP contribution in [0.5, 0.6) is 5.75 Å². The molecule has 27 heavy (non-hydrogen) atoms. The van der Waals surface area contributed by atoms with Crippen molar-refractivity contribution in [1.82, 2.24) is 15.6 Å². The summed E-state index contributed by atoms with van der Waals surface area (Å²) in [6, 6.07) is 6.10. The number of nitrogens with zero attached hydrogens (tertiary/aromatic N) is 2. The molecule has 0 saturated carbocycles. The summed E-state index contributed by atoms with van der Waals surface area (Å²) >= 11 is 0. The van der Waals surface area contributed by atoms with Crippen molar-refractivity contribution in [3.8, 4) is 5.75 Å². The Morgan fingerprint density at radius 2 is 2.00 bits per heavy atom. The molecule has 0 aliphatic rings. The minimum absolute atomic E-state index is 0. The number of ether oxygens (including phenoxy) is 1. The molecule has 1 aromatic heterocycles. The molecular formula is C20H31IN4O2. The van der Waals surface area contributed by atoms with Crippen LogP contribution in [0.4, 0.5) is 0 Å². The van der Waals surface area contributed by atoms with Crippen LogP contribution in [0.3, 0.4) is 0 Å². The fraction of sp³-hybridized carbons (Fsp3) is 0.500. The molecule has 0 spiro atoms. The summed E-state index contributed by atoms with van der Waals surface area (Å²) in [5.74, 6) is 3.16. The van der Waals surface area contributed by atoms with Crippen LogP contribution < -0.4 is 15.4 Å². The van der Waals surface area contributed by atoms with Gasteiger partial charge in [0.05, 0.1) is 26.4 Å². The Kier molecular flexibility index (Phi) is 9.08. The number of nitrogens with one attached hydrogen (secondary N) is 2. The zero-order chi connectivity index (χ0) is 19.2. The van der Waals surface area contributed by atoms with Crippen LogP contribution in [0.25, 0.3) is 0 Å². The van der Waals surface area contributed by atoms with Gasteiger partial charge in [0.2, 0.25) is 5.89 Å². The molecule has 6 nitrogen and oxygen atoms in total. The number of hydrogen-bond donors (Lipinski definition) is 2. The third-order valence-electron chi connectivity index (χ3n) is 3.92. The van der Waals surface area contributed by atoms with Crippen molar-refractivity contribution in [2.45, 2.75) is 53.1 Å². The van der Waals surface area contributed by atoms with E-state index in [-0.39, 0.29) is 29.4 Å². The van der Waals surface area contributed by atoms with E-state index < -0.39 is 0 Å². The molecule has 2 N–H and O–H groups in total. The van der Waals surface area contributed by atoms with E-state index in [1.165, 1.54) is 0 Å². The maximum absolute atomic E-state index is 5.81. The monoisotopic (exact) mass is 486 g/mol.